The van der Waals surface area contributed by atoms with Gasteiger partial charge in [-0.05, 0) is 116 Å². The second-order valence-electron chi connectivity index (χ2n) is 9.16. The first kappa shape index (κ1) is 40.6. The van der Waals surface area contributed by atoms with E-state index in [-0.39, 0.29) is 22.3 Å². The van der Waals surface area contributed by atoms with E-state index >= 15 is 0 Å². The molecule has 0 atom stereocenters. The predicted molar refractivity (Wildman–Crippen MR) is 196 cm³/mol. The maximum atomic E-state index is 13.1. The van der Waals surface area contributed by atoms with Crippen molar-refractivity contribution >= 4 is 23.5 Å². The van der Waals surface area contributed by atoms with Gasteiger partial charge in [-0.2, -0.15) is 0 Å². The van der Waals surface area contributed by atoms with Crippen molar-refractivity contribution in [3.8, 4) is 11.5 Å². The summed E-state index contributed by atoms with van der Waals surface area (Å²) in [5, 5.41) is 19.8. The van der Waals surface area contributed by atoms with Gasteiger partial charge in [0.25, 0.3) is 0 Å². The highest BCUT2D eigenvalue weighted by Crippen LogP contribution is 2.38. The Morgan fingerprint density at radius 1 is 0.474 bits per heavy atom. The fraction of sp³-hybridized carbons (Fsp3) is 0. The molecule has 252 valence electrons. The van der Waals surface area contributed by atoms with Crippen LogP contribution in [0, 0.1) is 0 Å². The number of hydrogen-bond donors (Lipinski definition) is 2. The van der Waals surface area contributed by atoms with Crippen LogP contribution in [0.4, 0.5) is 0 Å². The molecule has 1 aliphatic rings. The number of carboxylic acid groups (broad SMARTS) is 1. The predicted octanol–water partition coefficient (Wildman–Crippen LogP) is 6.68. The van der Waals surface area contributed by atoms with Crippen molar-refractivity contribution in [2.24, 2.45) is 0 Å². The van der Waals surface area contributed by atoms with Crippen molar-refractivity contribution in [2.45, 2.75) is 0 Å². The van der Waals surface area contributed by atoms with Crippen LogP contribution in [0.5, 0.6) is 11.5 Å². The molecule has 7 heteroatoms. The molecule has 0 aromatic heterocycles. The summed E-state index contributed by atoms with van der Waals surface area (Å²) in [7, 11) is 0. The minimum Gasteiger partial charge on any atom is -0.507 e. The number of carboxylic acids is 1. The highest BCUT2D eigenvalue weighted by molar-refractivity contribution is 6.30. The SMILES string of the molecule is C=C=C=C=C=C=C=C=C=C=C=C=C=C=C=C=C=C=C=C=C=C=C=C=C=C=C=C=C=C=C=C=C=C(C(=O)O)C(=O)Oc1ccc(O)c2c1C(=O)c1ccccc1C2=O. The van der Waals surface area contributed by atoms with Gasteiger partial charge in [0, 0.05) is 91.4 Å². The number of aliphatic carboxylic acids is 1. The van der Waals surface area contributed by atoms with Crippen molar-refractivity contribution in [3.63, 3.8) is 0 Å². The number of ketones is 2. The van der Waals surface area contributed by atoms with Crippen molar-refractivity contribution in [1.29, 1.82) is 0 Å². The van der Waals surface area contributed by atoms with Gasteiger partial charge in [-0.25, -0.2) is 9.59 Å². The number of hydrogen-bond acceptors (Lipinski definition) is 6. The summed E-state index contributed by atoms with van der Waals surface area (Å²) in [6.45, 7) is 3.31. The lowest BCUT2D eigenvalue weighted by molar-refractivity contribution is -0.138. The molecule has 2 aromatic rings. The highest BCUT2D eigenvalue weighted by atomic mass is 16.5. The van der Waals surface area contributed by atoms with E-state index in [1.807, 2.05) is 0 Å². The average Bonchev–Trinajstić information content (AvgIpc) is 3.20. The minimum absolute atomic E-state index is 0.0273. The highest BCUT2D eigenvalue weighted by Gasteiger charge is 2.35. The number of carbonyl (C=O) groups excluding carboxylic acids is 3. The van der Waals surface area contributed by atoms with Crippen LogP contribution in [0.2, 0.25) is 0 Å². The molecule has 0 saturated heterocycles. The first-order chi connectivity index (χ1) is 27.9. The molecule has 0 radical (unpaired) electrons. The third kappa shape index (κ3) is 13.8. The van der Waals surface area contributed by atoms with Crippen LogP contribution in [0.3, 0.4) is 0 Å². The zero-order valence-electron chi connectivity index (χ0n) is 28.6. The molecule has 7 nitrogen and oxygen atoms in total. The first-order valence-electron chi connectivity index (χ1n) is 15.0. The summed E-state index contributed by atoms with van der Waals surface area (Å²) >= 11 is 0. The van der Waals surface area contributed by atoms with E-state index < -0.39 is 40.6 Å². The van der Waals surface area contributed by atoms with Gasteiger partial charge >= 0.3 is 11.9 Å². The van der Waals surface area contributed by atoms with E-state index in [9.17, 15) is 29.4 Å². The molecule has 0 bridgehead atoms. The molecule has 2 N–H and O–H groups in total. The van der Waals surface area contributed by atoms with E-state index in [0.717, 1.165) is 12.1 Å². The Bertz CT molecular complexity index is 3520. The fourth-order valence-electron chi connectivity index (χ4n) is 3.62. The van der Waals surface area contributed by atoms with Crippen LogP contribution >= 0.6 is 0 Å². The Labute approximate surface area is 322 Å². The minimum atomic E-state index is -1.74. The number of fused-ring (bicyclic) bond motifs is 2. The summed E-state index contributed by atoms with van der Waals surface area (Å²) in [4.78, 5) is 50.5. The van der Waals surface area contributed by atoms with Gasteiger partial charge in [-0.1, -0.05) is 30.0 Å². The zero-order chi connectivity index (χ0) is 40.9. The van der Waals surface area contributed by atoms with Gasteiger partial charge in [0.15, 0.2) is 17.1 Å². The van der Waals surface area contributed by atoms with Crippen molar-refractivity contribution < 1.29 is 34.1 Å². The number of benzene rings is 2. The van der Waals surface area contributed by atoms with Gasteiger partial charge in [-0.3, -0.25) is 9.59 Å². The number of esters is 1. The van der Waals surface area contributed by atoms with Crippen molar-refractivity contribution in [3.05, 3.63) is 254 Å². The Morgan fingerprint density at radius 3 is 1.16 bits per heavy atom. The van der Waals surface area contributed by atoms with E-state index in [0.29, 0.717) is 0 Å². The monoisotopic (exact) mass is 722 g/mol. The number of phenols is 1. The molecule has 57 heavy (non-hydrogen) atoms. The second kappa shape index (κ2) is 23.6. The first-order valence-corrected chi connectivity index (χ1v) is 15.0. The Hall–Kier alpha value is -10.8. The van der Waals surface area contributed by atoms with Gasteiger partial charge in [0.2, 0.25) is 0 Å². The molecule has 0 heterocycles. The average molecular weight is 723 g/mol. The number of phenolic OH excluding ortho intramolecular Hbond substituents is 1. The van der Waals surface area contributed by atoms with Gasteiger partial charge in [0.05, 0.1) is 11.1 Å². The molecule has 0 unspecified atom stereocenters. The second-order valence-corrected chi connectivity index (χ2v) is 9.16. The summed E-state index contributed by atoms with van der Waals surface area (Å²) in [5.41, 5.74) is 75.6. The molecule has 3 rings (SSSR count). The number of ether oxygens (including phenoxy) is 1. The van der Waals surface area contributed by atoms with Gasteiger partial charge in [-0.15, -0.1) is 0 Å². The largest absolute Gasteiger partial charge is 0.507 e. The van der Waals surface area contributed by atoms with Gasteiger partial charge < -0.3 is 14.9 Å². The van der Waals surface area contributed by atoms with Crippen molar-refractivity contribution in [1.82, 2.24) is 0 Å². The summed E-state index contributed by atoms with van der Waals surface area (Å²) in [6, 6.07) is 8.00. The molecule has 1 aliphatic carbocycles. The Morgan fingerprint density at radius 2 is 0.807 bits per heavy atom. The summed E-state index contributed by atoms with van der Waals surface area (Å²) in [5.74, 6) is -5.49. The lowest BCUT2D eigenvalue weighted by atomic mass is 9.83. The van der Waals surface area contributed by atoms with E-state index in [2.05, 4.69) is 190 Å². The normalized spacial score (nSPS) is 7.58. The van der Waals surface area contributed by atoms with E-state index in [1.165, 1.54) is 18.2 Å². The van der Waals surface area contributed by atoms with Crippen LogP contribution in [0.15, 0.2) is 232 Å². The number of carbonyl (C=O) groups is 4. The smallest absolute Gasteiger partial charge is 0.359 e. The Balaban J connectivity index is 1.85. The molecule has 2 aromatic carbocycles. The summed E-state index contributed by atoms with van der Waals surface area (Å²) in [6.07, 6.45) is 0. The maximum absolute atomic E-state index is 13.1. The van der Waals surface area contributed by atoms with Crippen molar-refractivity contribution in [2.75, 3.05) is 0 Å². The standard InChI is InChI=1S/C50H10O7/c1-2-3-4-5-6-7-8-9-10-11-12-13-14-15-16-17-18-19-20-21-22-23-24-25-26-27-28-29-30-31-32-37-42(49(54)55)50(56)57-44-39-38-43(51)45-46(44)48(53)41-36-34-33-35-40(41)47(45)52/h33-36,38-39,51H,1H2,(H,54,55). The number of rotatable bonds is 3. The third-order valence-corrected chi connectivity index (χ3v) is 5.72. The molecule has 0 spiro atoms. The number of aromatic hydroxyl groups is 1. The topological polar surface area (TPSA) is 118 Å². The molecule has 0 aliphatic heterocycles. The third-order valence-electron chi connectivity index (χ3n) is 5.72. The Kier molecular flexibility index (Phi) is 16.8. The maximum Gasteiger partial charge on any atom is 0.359 e. The molecular formula is C50H10O7. The van der Waals surface area contributed by atoms with Crippen LogP contribution in [0.1, 0.15) is 31.8 Å². The lowest BCUT2D eigenvalue weighted by Crippen LogP contribution is -2.24. The molecule has 0 fully saturated rings. The van der Waals surface area contributed by atoms with Crippen LogP contribution < -0.4 is 4.74 Å². The van der Waals surface area contributed by atoms with Crippen LogP contribution in [-0.2, 0) is 9.59 Å². The quantitative estimate of drug-likeness (QED) is 0.0774. The molecule has 0 amide bonds. The fourth-order valence-corrected chi connectivity index (χ4v) is 3.62. The lowest BCUT2D eigenvalue weighted by Gasteiger charge is -2.20. The summed E-state index contributed by atoms with van der Waals surface area (Å²) < 4.78 is 5.15. The van der Waals surface area contributed by atoms with E-state index in [1.54, 1.807) is 6.07 Å². The van der Waals surface area contributed by atoms with Crippen LogP contribution in [0.25, 0.3) is 0 Å². The zero-order valence-corrected chi connectivity index (χ0v) is 28.6. The van der Waals surface area contributed by atoms with E-state index in [4.69, 9.17) is 4.74 Å². The van der Waals surface area contributed by atoms with Gasteiger partial charge in [0.1, 0.15) is 11.5 Å². The molecule has 0 saturated carbocycles. The van der Waals surface area contributed by atoms with Crippen LogP contribution in [-0.4, -0.2) is 33.7 Å². The molecular weight excluding hydrogens is 713 g/mol.